The molecule has 3 aliphatic carbocycles. The highest BCUT2D eigenvalue weighted by Crippen LogP contribution is 2.68. The van der Waals surface area contributed by atoms with Crippen molar-refractivity contribution in [1.29, 1.82) is 0 Å². The van der Waals surface area contributed by atoms with Gasteiger partial charge < -0.3 is 15.0 Å². The summed E-state index contributed by atoms with van der Waals surface area (Å²) >= 11 is 0. The van der Waals surface area contributed by atoms with E-state index in [1.54, 1.807) is 0 Å². The number of ether oxygens (including phenoxy) is 1. The Hall–Kier alpha value is -2.13. The van der Waals surface area contributed by atoms with E-state index in [0.29, 0.717) is 11.3 Å². The molecule has 0 unspecified atom stereocenters. The van der Waals surface area contributed by atoms with Crippen molar-refractivity contribution >= 4 is 5.82 Å². The van der Waals surface area contributed by atoms with E-state index in [9.17, 15) is 13.2 Å². The molecule has 0 amide bonds. The molecule has 1 saturated heterocycles. The van der Waals surface area contributed by atoms with Gasteiger partial charge in [-0.2, -0.15) is 13.2 Å². The Balaban J connectivity index is 1.45. The number of hydrogen-bond acceptors (Lipinski definition) is 5. The van der Waals surface area contributed by atoms with Crippen LogP contribution in [-0.2, 0) is 16.5 Å². The molecule has 2 aromatic heterocycles. The first-order valence-electron chi connectivity index (χ1n) is 10.4. The lowest BCUT2D eigenvalue weighted by Gasteiger charge is -2.74. The number of morpholine rings is 1. The van der Waals surface area contributed by atoms with Crippen molar-refractivity contribution < 1.29 is 17.9 Å². The van der Waals surface area contributed by atoms with Crippen LogP contribution in [0.2, 0.25) is 0 Å². The molecule has 0 aromatic carbocycles. The summed E-state index contributed by atoms with van der Waals surface area (Å²) in [4.78, 5) is 11.0. The number of anilines is 1. The monoisotopic (exact) mass is 421 g/mol. The average molecular weight is 421 g/mol. The average Bonchev–Trinajstić information content (AvgIpc) is 3.05. The van der Waals surface area contributed by atoms with E-state index in [1.807, 2.05) is 6.20 Å². The Morgan fingerprint density at radius 3 is 2.40 bits per heavy atom. The topological polar surface area (TPSA) is 69.2 Å². The molecular weight excluding hydrogens is 395 g/mol. The van der Waals surface area contributed by atoms with Crippen molar-refractivity contribution in [2.75, 3.05) is 32.0 Å². The number of nitrogens with two attached hydrogens (primary N) is 1. The first kappa shape index (κ1) is 19.8. The predicted octanol–water partition coefficient (Wildman–Crippen LogP) is 3.63. The van der Waals surface area contributed by atoms with Crippen LogP contribution >= 0.6 is 0 Å². The zero-order valence-corrected chi connectivity index (χ0v) is 17.2. The summed E-state index contributed by atoms with van der Waals surface area (Å²) in [7, 11) is 0. The lowest BCUT2D eigenvalue weighted by molar-refractivity contribution is -0.221. The number of aromatic nitrogens is 3. The quantitative estimate of drug-likeness (QED) is 0.817. The highest BCUT2D eigenvalue weighted by atomic mass is 19.4. The van der Waals surface area contributed by atoms with Crippen LogP contribution in [0.15, 0.2) is 18.5 Å². The number of imidazole rings is 1. The molecule has 3 saturated carbocycles. The molecule has 1 aliphatic heterocycles. The van der Waals surface area contributed by atoms with Gasteiger partial charge in [-0.25, -0.2) is 9.97 Å². The molecule has 3 heterocycles. The minimum absolute atomic E-state index is 0.0251. The maximum absolute atomic E-state index is 13.3. The number of halogens is 3. The Kier molecular flexibility index (Phi) is 4.25. The van der Waals surface area contributed by atoms with Crippen molar-refractivity contribution in [2.45, 2.75) is 56.3 Å². The van der Waals surface area contributed by atoms with E-state index in [-0.39, 0.29) is 17.0 Å². The van der Waals surface area contributed by atoms with Crippen LogP contribution in [0, 0.1) is 0 Å². The van der Waals surface area contributed by atoms with Crippen molar-refractivity contribution in [3.8, 4) is 11.3 Å². The van der Waals surface area contributed by atoms with Crippen LogP contribution in [0.25, 0.3) is 11.3 Å². The second kappa shape index (κ2) is 6.43. The van der Waals surface area contributed by atoms with Crippen LogP contribution < -0.4 is 5.73 Å². The number of nitrogens with zero attached hydrogens (tertiary/aromatic N) is 4. The molecular formula is C21H26F3N5O. The van der Waals surface area contributed by atoms with Gasteiger partial charge in [-0.3, -0.25) is 4.90 Å². The van der Waals surface area contributed by atoms with Gasteiger partial charge in [-0.05, 0) is 25.3 Å². The molecule has 9 heteroatoms. The molecule has 2 aromatic rings. The summed E-state index contributed by atoms with van der Waals surface area (Å²) in [5.74, 6) is 0.559. The second-order valence-electron chi connectivity index (χ2n) is 9.24. The van der Waals surface area contributed by atoms with Gasteiger partial charge in [0.1, 0.15) is 11.6 Å². The Labute approximate surface area is 173 Å². The lowest BCUT2D eigenvalue weighted by Crippen LogP contribution is -2.79. The SMILES string of the molecule is CC(C)c1nc(-c2cnc(N)c(C(F)(F)F)c2)cn1C12CC(N3CCOCC3)(C1)C2. The fraction of sp³-hybridized carbons (Fsp3) is 0.619. The standard InChI is InChI=1S/C21H26F3N5O/c1-13(2)18-27-16(14-7-15(21(22,23)24)17(25)26-8-14)9-29(18)20-10-19(11-20,12-20)28-3-5-30-6-4-28/h7-9,13H,3-6,10-12H2,1-2H3,(H2,25,26). The molecule has 0 radical (unpaired) electrons. The Morgan fingerprint density at radius 2 is 1.80 bits per heavy atom. The van der Waals surface area contributed by atoms with Crippen molar-refractivity contribution in [3.63, 3.8) is 0 Å². The van der Waals surface area contributed by atoms with Crippen molar-refractivity contribution in [2.24, 2.45) is 0 Å². The summed E-state index contributed by atoms with van der Waals surface area (Å²) in [5.41, 5.74) is 5.68. The smallest absolute Gasteiger partial charge is 0.383 e. The predicted molar refractivity (Wildman–Crippen MR) is 106 cm³/mol. The van der Waals surface area contributed by atoms with Crippen molar-refractivity contribution in [3.05, 3.63) is 29.8 Å². The van der Waals surface area contributed by atoms with Crippen LogP contribution in [0.5, 0.6) is 0 Å². The van der Waals surface area contributed by atoms with Crippen LogP contribution in [0.4, 0.5) is 19.0 Å². The molecule has 162 valence electrons. The Bertz CT molecular complexity index is 958. The van der Waals surface area contributed by atoms with Crippen LogP contribution in [0.1, 0.15) is 50.4 Å². The minimum Gasteiger partial charge on any atom is -0.383 e. The Morgan fingerprint density at radius 1 is 1.13 bits per heavy atom. The molecule has 6 nitrogen and oxygen atoms in total. The second-order valence-corrected chi connectivity index (χ2v) is 9.24. The van der Waals surface area contributed by atoms with Crippen LogP contribution in [-0.4, -0.2) is 51.3 Å². The summed E-state index contributed by atoms with van der Waals surface area (Å²) < 4.78 is 47.5. The van der Waals surface area contributed by atoms with E-state index < -0.39 is 17.6 Å². The number of rotatable bonds is 4. The molecule has 4 fully saturated rings. The van der Waals surface area contributed by atoms with Gasteiger partial charge in [0, 0.05) is 42.5 Å². The van der Waals surface area contributed by atoms with Gasteiger partial charge in [0.15, 0.2) is 0 Å². The van der Waals surface area contributed by atoms with Gasteiger partial charge in [0.25, 0.3) is 0 Å². The summed E-state index contributed by atoms with van der Waals surface area (Å²) in [5, 5.41) is 0. The number of nitrogen functional groups attached to an aromatic ring is 1. The third kappa shape index (κ3) is 2.85. The summed E-state index contributed by atoms with van der Waals surface area (Å²) in [6.45, 7) is 7.64. The normalized spacial score (nSPS) is 29.0. The minimum atomic E-state index is -4.55. The molecule has 2 N–H and O–H groups in total. The zero-order valence-electron chi connectivity index (χ0n) is 17.2. The van der Waals surface area contributed by atoms with E-state index in [2.05, 4.69) is 28.3 Å². The number of pyridine rings is 1. The molecule has 6 rings (SSSR count). The van der Waals surface area contributed by atoms with Gasteiger partial charge in [-0.15, -0.1) is 0 Å². The highest BCUT2D eigenvalue weighted by molar-refractivity contribution is 5.62. The molecule has 30 heavy (non-hydrogen) atoms. The maximum Gasteiger partial charge on any atom is 0.419 e. The van der Waals surface area contributed by atoms with Gasteiger partial charge in [0.2, 0.25) is 0 Å². The fourth-order valence-corrected chi connectivity index (χ4v) is 5.47. The first-order chi connectivity index (χ1) is 14.1. The molecule has 4 aliphatic rings. The molecule has 0 spiro atoms. The fourth-order valence-electron chi connectivity index (χ4n) is 5.47. The molecule has 2 bridgehead atoms. The van der Waals surface area contributed by atoms with E-state index in [1.165, 1.54) is 6.20 Å². The summed E-state index contributed by atoms with van der Waals surface area (Å²) in [6.07, 6.45) is 1.91. The lowest BCUT2D eigenvalue weighted by atomic mass is 9.43. The van der Waals surface area contributed by atoms with Gasteiger partial charge in [0.05, 0.1) is 30.0 Å². The third-order valence-corrected chi connectivity index (χ3v) is 6.94. The zero-order chi connectivity index (χ0) is 21.3. The van der Waals surface area contributed by atoms with Crippen LogP contribution in [0.3, 0.4) is 0 Å². The van der Waals surface area contributed by atoms with E-state index >= 15 is 0 Å². The third-order valence-electron chi connectivity index (χ3n) is 6.94. The summed E-state index contributed by atoms with van der Waals surface area (Å²) in [6, 6.07) is 1.05. The van der Waals surface area contributed by atoms with Gasteiger partial charge in [-0.1, -0.05) is 13.8 Å². The van der Waals surface area contributed by atoms with Gasteiger partial charge >= 0.3 is 6.18 Å². The van der Waals surface area contributed by atoms with E-state index in [4.69, 9.17) is 15.5 Å². The van der Waals surface area contributed by atoms with E-state index in [0.717, 1.165) is 57.5 Å². The van der Waals surface area contributed by atoms with Crippen molar-refractivity contribution in [1.82, 2.24) is 19.4 Å². The highest BCUT2D eigenvalue weighted by Gasteiger charge is 2.71. The largest absolute Gasteiger partial charge is 0.419 e. The number of alkyl halides is 3. The molecule has 0 atom stereocenters. The maximum atomic E-state index is 13.3. The first-order valence-corrected chi connectivity index (χ1v) is 10.4. The number of hydrogen-bond donors (Lipinski definition) is 1.